The molecule has 102 valence electrons. The summed E-state index contributed by atoms with van der Waals surface area (Å²) in [6, 6.07) is 11.2. The van der Waals surface area contributed by atoms with E-state index in [0.717, 1.165) is 3.57 Å². The minimum absolute atomic E-state index is 0.0750. The van der Waals surface area contributed by atoms with Crippen LogP contribution in [0.2, 0.25) is 0 Å². The van der Waals surface area contributed by atoms with Crippen molar-refractivity contribution in [3.8, 4) is 11.5 Å². The summed E-state index contributed by atoms with van der Waals surface area (Å²) in [6.07, 6.45) is 1.34. The molecule has 1 amide bonds. The molecule has 2 rings (SSSR count). The van der Waals surface area contributed by atoms with Crippen molar-refractivity contribution >= 4 is 34.7 Å². The molecule has 0 atom stereocenters. The lowest BCUT2D eigenvalue weighted by Crippen LogP contribution is -2.17. The standard InChI is InChI=1S/C14H11IN2O3/c15-10-5-6-12(18)9(7-10)8-16-17-14(20)11-3-1-2-4-13(11)19/h1-8,18-19H,(H,17,20)/b16-8+. The number of hydrogen-bond donors (Lipinski definition) is 3. The molecule has 0 aliphatic heterocycles. The summed E-state index contributed by atoms with van der Waals surface area (Å²) in [5, 5.41) is 22.9. The molecule has 3 N–H and O–H groups in total. The van der Waals surface area contributed by atoms with Crippen LogP contribution in [0.25, 0.3) is 0 Å². The number of nitrogens with one attached hydrogen (secondary N) is 1. The van der Waals surface area contributed by atoms with E-state index >= 15 is 0 Å². The first kappa shape index (κ1) is 14.3. The molecule has 2 aromatic rings. The molecule has 0 bridgehead atoms. The highest BCUT2D eigenvalue weighted by atomic mass is 127. The Morgan fingerprint density at radius 3 is 2.65 bits per heavy atom. The number of phenolic OH excluding ortho intramolecular Hbond substituents is 2. The van der Waals surface area contributed by atoms with E-state index < -0.39 is 5.91 Å². The topological polar surface area (TPSA) is 81.9 Å². The molecule has 0 aromatic heterocycles. The zero-order chi connectivity index (χ0) is 14.5. The zero-order valence-corrected chi connectivity index (χ0v) is 12.4. The lowest BCUT2D eigenvalue weighted by atomic mass is 10.2. The molecule has 2 aromatic carbocycles. The Morgan fingerprint density at radius 2 is 1.90 bits per heavy atom. The number of benzene rings is 2. The molecule has 0 fully saturated rings. The van der Waals surface area contributed by atoms with Gasteiger partial charge in [-0.1, -0.05) is 12.1 Å². The minimum atomic E-state index is -0.524. The maximum atomic E-state index is 11.8. The first-order valence-electron chi connectivity index (χ1n) is 5.68. The number of carbonyl (C=O) groups is 1. The van der Waals surface area contributed by atoms with E-state index in [1.807, 2.05) is 0 Å². The average Bonchev–Trinajstić information content (AvgIpc) is 2.43. The molecule has 0 unspecified atom stereocenters. The molecular formula is C14H11IN2O3. The van der Waals surface area contributed by atoms with Gasteiger partial charge in [-0.15, -0.1) is 0 Å². The lowest BCUT2D eigenvalue weighted by Gasteiger charge is -2.02. The van der Waals surface area contributed by atoms with Gasteiger partial charge in [0.05, 0.1) is 11.8 Å². The fourth-order valence-electron chi connectivity index (χ4n) is 1.52. The summed E-state index contributed by atoms with van der Waals surface area (Å²) in [5.41, 5.74) is 2.92. The van der Waals surface area contributed by atoms with Crippen LogP contribution in [-0.4, -0.2) is 22.3 Å². The van der Waals surface area contributed by atoms with Crippen molar-refractivity contribution < 1.29 is 15.0 Å². The van der Waals surface area contributed by atoms with Crippen LogP contribution in [0.15, 0.2) is 47.6 Å². The van der Waals surface area contributed by atoms with E-state index in [1.165, 1.54) is 18.3 Å². The van der Waals surface area contributed by atoms with Crippen molar-refractivity contribution in [2.75, 3.05) is 0 Å². The van der Waals surface area contributed by atoms with Gasteiger partial charge < -0.3 is 10.2 Å². The van der Waals surface area contributed by atoms with E-state index in [4.69, 9.17) is 0 Å². The normalized spacial score (nSPS) is 10.7. The van der Waals surface area contributed by atoms with Crippen molar-refractivity contribution in [1.82, 2.24) is 5.43 Å². The second-order valence-electron chi connectivity index (χ2n) is 3.92. The number of carbonyl (C=O) groups excluding carboxylic acids is 1. The molecule has 0 aliphatic carbocycles. The number of rotatable bonds is 3. The van der Waals surface area contributed by atoms with Crippen LogP contribution in [0, 0.1) is 3.57 Å². The van der Waals surface area contributed by atoms with Crippen LogP contribution < -0.4 is 5.43 Å². The van der Waals surface area contributed by atoms with E-state index in [-0.39, 0.29) is 17.1 Å². The van der Waals surface area contributed by atoms with Crippen LogP contribution in [0.5, 0.6) is 11.5 Å². The van der Waals surface area contributed by atoms with E-state index in [9.17, 15) is 15.0 Å². The highest BCUT2D eigenvalue weighted by Gasteiger charge is 2.08. The van der Waals surface area contributed by atoms with E-state index in [2.05, 4.69) is 33.1 Å². The quantitative estimate of drug-likeness (QED) is 0.434. The molecule has 0 spiro atoms. The van der Waals surface area contributed by atoms with Gasteiger partial charge in [0, 0.05) is 9.13 Å². The first-order valence-corrected chi connectivity index (χ1v) is 6.75. The molecular weight excluding hydrogens is 371 g/mol. The fourth-order valence-corrected chi connectivity index (χ4v) is 2.03. The summed E-state index contributed by atoms with van der Waals surface area (Å²) in [4.78, 5) is 11.8. The predicted molar refractivity (Wildman–Crippen MR) is 84.0 cm³/mol. The number of hydrazone groups is 1. The summed E-state index contributed by atoms with van der Waals surface area (Å²) in [5.74, 6) is -0.562. The number of amides is 1. The monoisotopic (exact) mass is 382 g/mol. The maximum Gasteiger partial charge on any atom is 0.275 e. The molecule has 20 heavy (non-hydrogen) atoms. The molecule has 0 saturated carbocycles. The van der Waals surface area contributed by atoms with Gasteiger partial charge in [-0.3, -0.25) is 4.79 Å². The Morgan fingerprint density at radius 1 is 1.15 bits per heavy atom. The highest BCUT2D eigenvalue weighted by Crippen LogP contribution is 2.18. The Labute approximate surface area is 129 Å². The van der Waals surface area contributed by atoms with Gasteiger partial charge in [0.25, 0.3) is 5.91 Å². The molecule has 0 heterocycles. The third-order valence-electron chi connectivity index (χ3n) is 2.51. The minimum Gasteiger partial charge on any atom is -0.507 e. The Bertz CT molecular complexity index is 671. The number of hydrogen-bond acceptors (Lipinski definition) is 4. The number of nitrogens with zero attached hydrogens (tertiary/aromatic N) is 1. The van der Waals surface area contributed by atoms with Gasteiger partial charge in [0.15, 0.2) is 0 Å². The average molecular weight is 382 g/mol. The van der Waals surface area contributed by atoms with Crippen molar-refractivity contribution in [3.63, 3.8) is 0 Å². The number of halogens is 1. The third kappa shape index (κ3) is 3.47. The first-order chi connectivity index (χ1) is 9.58. The van der Waals surface area contributed by atoms with Gasteiger partial charge in [-0.05, 0) is 52.9 Å². The SMILES string of the molecule is O=C(N/N=C/c1cc(I)ccc1O)c1ccccc1O. The van der Waals surface area contributed by atoms with E-state index in [0.29, 0.717) is 5.56 Å². The summed E-state index contributed by atoms with van der Waals surface area (Å²) >= 11 is 2.11. The summed E-state index contributed by atoms with van der Waals surface area (Å²) < 4.78 is 0.939. The highest BCUT2D eigenvalue weighted by molar-refractivity contribution is 14.1. The van der Waals surface area contributed by atoms with Crippen LogP contribution >= 0.6 is 22.6 Å². The Balaban J connectivity index is 2.09. The number of para-hydroxylation sites is 1. The van der Waals surface area contributed by atoms with Crippen LogP contribution in [0.4, 0.5) is 0 Å². The Kier molecular flexibility index (Phi) is 4.57. The van der Waals surface area contributed by atoms with Gasteiger partial charge in [-0.2, -0.15) is 5.10 Å². The largest absolute Gasteiger partial charge is 0.507 e. The predicted octanol–water partition coefficient (Wildman–Crippen LogP) is 2.47. The van der Waals surface area contributed by atoms with Gasteiger partial charge in [0.2, 0.25) is 0 Å². The van der Waals surface area contributed by atoms with Crippen molar-refractivity contribution in [3.05, 3.63) is 57.2 Å². The van der Waals surface area contributed by atoms with Crippen molar-refractivity contribution in [2.24, 2.45) is 5.10 Å². The zero-order valence-electron chi connectivity index (χ0n) is 10.2. The van der Waals surface area contributed by atoms with Crippen LogP contribution in [-0.2, 0) is 0 Å². The molecule has 6 heteroatoms. The van der Waals surface area contributed by atoms with E-state index in [1.54, 1.807) is 30.3 Å². The summed E-state index contributed by atoms with van der Waals surface area (Å²) in [7, 11) is 0. The van der Waals surface area contributed by atoms with Gasteiger partial charge in [0.1, 0.15) is 11.5 Å². The Hall–Kier alpha value is -2.09. The molecule has 0 aliphatic rings. The molecule has 0 saturated heterocycles. The maximum absolute atomic E-state index is 11.8. The molecule has 5 nitrogen and oxygen atoms in total. The number of aromatic hydroxyl groups is 2. The third-order valence-corrected chi connectivity index (χ3v) is 3.18. The van der Waals surface area contributed by atoms with Crippen LogP contribution in [0.1, 0.15) is 15.9 Å². The smallest absolute Gasteiger partial charge is 0.275 e. The van der Waals surface area contributed by atoms with Gasteiger partial charge >= 0.3 is 0 Å². The summed E-state index contributed by atoms with van der Waals surface area (Å²) in [6.45, 7) is 0. The van der Waals surface area contributed by atoms with Crippen molar-refractivity contribution in [2.45, 2.75) is 0 Å². The fraction of sp³-hybridized carbons (Fsp3) is 0. The second kappa shape index (κ2) is 6.38. The number of phenols is 2. The molecule has 0 radical (unpaired) electrons. The second-order valence-corrected chi connectivity index (χ2v) is 5.17. The lowest BCUT2D eigenvalue weighted by molar-refractivity contribution is 0.0952. The van der Waals surface area contributed by atoms with Crippen molar-refractivity contribution in [1.29, 1.82) is 0 Å². The van der Waals surface area contributed by atoms with Crippen LogP contribution in [0.3, 0.4) is 0 Å². The van der Waals surface area contributed by atoms with Gasteiger partial charge in [-0.25, -0.2) is 5.43 Å².